The molecule has 0 aliphatic heterocycles. The molecular weight excluding hydrogens is 794 g/mol. The van der Waals surface area contributed by atoms with Crippen molar-refractivity contribution in [1.29, 1.82) is 0 Å². The number of imide groups is 1. The molecule has 6 rings (SSSR count). The van der Waals surface area contributed by atoms with Crippen molar-refractivity contribution in [1.82, 2.24) is 5.32 Å². The monoisotopic (exact) mass is 857 g/mol. The number of rotatable bonds is 4. The lowest BCUT2D eigenvalue weighted by molar-refractivity contribution is 0.0950. The summed E-state index contributed by atoms with van der Waals surface area (Å²) in [6, 6.07) is 23.6. The molecular formula is C54H64ClNO6. The minimum atomic E-state index is -0.902. The number of phenols is 1. The fraction of sp³-hybridized carbons (Fsp3) is 0.407. The lowest BCUT2D eigenvalue weighted by Gasteiger charge is -2.28. The number of amides is 2. The van der Waals surface area contributed by atoms with Gasteiger partial charge in [0, 0.05) is 47.4 Å². The molecule has 2 N–H and O–H groups in total. The van der Waals surface area contributed by atoms with Crippen LogP contribution in [0.1, 0.15) is 160 Å². The fourth-order valence-corrected chi connectivity index (χ4v) is 8.30. The summed E-state index contributed by atoms with van der Waals surface area (Å²) in [5.41, 5.74) is 10.5. The Labute approximate surface area is 374 Å². The average molecular weight is 859 g/mol. The first-order valence-corrected chi connectivity index (χ1v) is 21.9. The Balaban J connectivity index is 1.70. The van der Waals surface area contributed by atoms with E-state index in [9.17, 15) is 14.7 Å². The van der Waals surface area contributed by atoms with Crippen LogP contribution in [0.5, 0.6) is 23.0 Å². The number of hydrogen-bond acceptors (Lipinski definition) is 6. The highest BCUT2D eigenvalue weighted by Crippen LogP contribution is 2.44. The average Bonchev–Trinajstić information content (AvgIpc) is 3.15. The zero-order valence-electron chi connectivity index (χ0n) is 39.1. The van der Waals surface area contributed by atoms with Crippen LogP contribution in [0.3, 0.4) is 0 Å². The van der Waals surface area contributed by atoms with Crippen LogP contribution in [-0.2, 0) is 47.3 Å². The van der Waals surface area contributed by atoms with Crippen molar-refractivity contribution in [2.45, 2.75) is 130 Å². The van der Waals surface area contributed by atoms with E-state index in [1.165, 1.54) is 0 Å². The van der Waals surface area contributed by atoms with Crippen LogP contribution in [0.2, 0.25) is 5.02 Å². The largest absolute Gasteiger partial charge is 0.507 e. The van der Waals surface area contributed by atoms with Crippen LogP contribution < -0.4 is 19.5 Å². The molecule has 328 valence electrons. The van der Waals surface area contributed by atoms with E-state index in [0.717, 1.165) is 66.8 Å². The first-order valence-electron chi connectivity index (χ1n) is 21.5. The van der Waals surface area contributed by atoms with E-state index >= 15 is 0 Å². The van der Waals surface area contributed by atoms with Crippen molar-refractivity contribution in [2.75, 3.05) is 14.2 Å². The summed E-state index contributed by atoms with van der Waals surface area (Å²) >= 11 is 6.10. The van der Waals surface area contributed by atoms with Crippen LogP contribution in [0.4, 0.5) is 4.79 Å². The Morgan fingerprint density at radius 1 is 0.500 bits per heavy atom. The number of carbonyl (C=O) groups excluding carboxylic acids is 2. The number of ether oxygens (including phenoxy) is 3. The molecule has 0 saturated carbocycles. The summed E-state index contributed by atoms with van der Waals surface area (Å²) in [6.07, 6.45) is 0.613. The highest BCUT2D eigenvalue weighted by atomic mass is 35.5. The standard InChI is InChI=1S/C54H64ClNO6/c1-51(2,3)40-23-32-19-34-25-41(52(4,5)6)27-36(46(34)60-13)21-38-29-43(54(10,11)12)30-39(48(38)62-50(59)56-49(58)31-15-17-44(55)18-16-31)22-37-28-42(53(7,8)9)26-35(47(37)61-14)20-33(24-40)45(32)57/h15-18,23-30,57H,19-22H2,1-14H3,(H,56,58,59). The first kappa shape index (κ1) is 46.2. The molecule has 8 heteroatoms. The van der Waals surface area contributed by atoms with Gasteiger partial charge in [0.2, 0.25) is 0 Å². The smallest absolute Gasteiger partial charge is 0.419 e. The molecule has 0 fully saturated rings. The topological polar surface area (TPSA) is 94.1 Å². The number of carbonyl (C=O) groups is 2. The van der Waals surface area contributed by atoms with Gasteiger partial charge in [-0.25, -0.2) is 4.79 Å². The molecule has 1 aliphatic carbocycles. The molecule has 0 atom stereocenters. The molecule has 1 aliphatic rings. The summed E-state index contributed by atoms with van der Waals surface area (Å²) < 4.78 is 19.0. The number of benzene rings is 5. The third-order valence-corrected chi connectivity index (χ3v) is 12.2. The molecule has 0 aromatic heterocycles. The Morgan fingerprint density at radius 2 is 0.790 bits per heavy atom. The summed E-state index contributed by atoms with van der Waals surface area (Å²) in [4.78, 5) is 27.4. The third-order valence-electron chi connectivity index (χ3n) is 11.9. The van der Waals surface area contributed by atoms with E-state index in [1.54, 1.807) is 38.5 Å². The zero-order chi connectivity index (χ0) is 45.7. The van der Waals surface area contributed by atoms with Crippen LogP contribution in [0.15, 0.2) is 72.8 Å². The number of fused-ring (bicyclic) bond motifs is 8. The summed E-state index contributed by atoms with van der Waals surface area (Å²) in [5.74, 6) is 1.41. The van der Waals surface area contributed by atoms with Crippen LogP contribution >= 0.6 is 11.6 Å². The SMILES string of the molecule is COc1c2cc(C(C)(C)C)cc1Cc1cc(C(C)(C)C)cc(c1OC(=O)NC(=O)c1ccc(Cl)cc1)Cc1cc(C(C)(C)C)cc(c1OC)Cc1cc(C(C)(C)C)cc(c1O)C2. The maximum atomic E-state index is 14.0. The Morgan fingerprint density at radius 3 is 1.10 bits per heavy atom. The summed E-state index contributed by atoms with van der Waals surface area (Å²) in [7, 11) is 3.37. The van der Waals surface area contributed by atoms with Gasteiger partial charge in [0.15, 0.2) is 0 Å². The zero-order valence-corrected chi connectivity index (χ0v) is 39.9. The molecule has 0 heterocycles. The third kappa shape index (κ3) is 10.2. The first-order chi connectivity index (χ1) is 28.8. The van der Waals surface area contributed by atoms with Crippen molar-refractivity contribution >= 4 is 23.6 Å². The number of hydrogen-bond donors (Lipinski definition) is 2. The van der Waals surface area contributed by atoms with Gasteiger partial charge in [0.25, 0.3) is 5.91 Å². The van der Waals surface area contributed by atoms with Gasteiger partial charge in [0.1, 0.15) is 23.0 Å². The van der Waals surface area contributed by atoms with Gasteiger partial charge in [-0.05, 0) is 102 Å². The molecule has 5 aromatic rings. The number of phenolic OH excluding ortho intramolecular Hbond substituents is 1. The molecule has 2 amide bonds. The second kappa shape index (κ2) is 17.1. The number of aromatic hydroxyl groups is 1. The van der Waals surface area contributed by atoms with Crippen molar-refractivity contribution in [3.63, 3.8) is 0 Å². The molecule has 7 nitrogen and oxygen atoms in total. The van der Waals surface area contributed by atoms with E-state index < -0.39 is 12.0 Å². The van der Waals surface area contributed by atoms with Crippen molar-refractivity contribution in [3.05, 3.63) is 150 Å². The Bertz CT molecular complexity index is 2400. The summed E-state index contributed by atoms with van der Waals surface area (Å²) in [5, 5.41) is 15.2. The highest BCUT2D eigenvalue weighted by Gasteiger charge is 2.29. The lowest BCUT2D eigenvalue weighted by Crippen LogP contribution is -2.33. The molecule has 62 heavy (non-hydrogen) atoms. The maximum Gasteiger partial charge on any atom is 0.419 e. The van der Waals surface area contributed by atoms with Gasteiger partial charge in [-0.2, -0.15) is 0 Å². The second-order valence-corrected chi connectivity index (χ2v) is 21.4. The van der Waals surface area contributed by atoms with Crippen LogP contribution in [0.25, 0.3) is 0 Å². The lowest BCUT2D eigenvalue weighted by atomic mass is 9.79. The number of halogens is 1. The van der Waals surface area contributed by atoms with E-state index in [-0.39, 0.29) is 33.0 Å². The van der Waals surface area contributed by atoms with Gasteiger partial charge in [0.05, 0.1) is 14.2 Å². The van der Waals surface area contributed by atoms with E-state index in [0.29, 0.717) is 48.0 Å². The Kier molecular flexibility index (Phi) is 12.8. The predicted molar refractivity (Wildman–Crippen MR) is 252 cm³/mol. The van der Waals surface area contributed by atoms with Crippen molar-refractivity contribution in [2.24, 2.45) is 0 Å². The van der Waals surface area contributed by atoms with Gasteiger partial charge < -0.3 is 19.3 Å². The minimum Gasteiger partial charge on any atom is -0.507 e. The van der Waals surface area contributed by atoms with Crippen LogP contribution in [-0.4, -0.2) is 31.3 Å². The van der Waals surface area contributed by atoms with Gasteiger partial charge in [-0.15, -0.1) is 0 Å². The summed E-state index contributed by atoms with van der Waals surface area (Å²) in [6.45, 7) is 26.2. The number of methoxy groups -OCH3 is 2. The molecule has 0 unspecified atom stereocenters. The van der Waals surface area contributed by atoms with Crippen molar-refractivity contribution < 1.29 is 28.9 Å². The van der Waals surface area contributed by atoms with E-state index in [1.807, 2.05) is 0 Å². The van der Waals surface area contributed by atoms with Gasteiger partial charge >= 0.3 is 6.09 Å². The van der Waals surface area contributed by atoms with Gasteiger partial charge in [-0.3, -0.25) is 10.1 Å². The van der Waals surface area contributed by atoms with Crippen molar-refractivity contribution in [3.8, 4) is 23.0 Å². The normalized spacial score (nSPS) is 13.3. The van der Waals surface area contributed by atoms with E-state index in [2.05, 4.69) is 137 Å². The molecule has 0 saturated heterocycles. The van der Waals surface area contributed by atoms with Gasteiger partial charge in [-0.1, -0.05) is 143 Å². The van der Waals surface area contributed by atoms with E-state index in [4.69, 9.17) is 25.8 Å². The predicted octanol–water partition coefficient (Wildman–Crippen LogP) is 12.9. The second-order valence-electron chi connectivity index (χ2n) is 21.0. The number of nitrogens with one attached hydrogen (secondary N) is 1. The quantitative estimate of drug-likeness (QED) is 0.183. The Hall–Kier alpha value is -5.27. The molecule has 0 spiro atoms. The highest BCUT2D eigenvalue weighted by molar-refractivity contribution is 6.30. The fourth-order valence-electron chi connectivity index (χ4n) is 8.17. The minimum absolute atomic E-state index is 0.196. The maximum absolute atomic E-state index is 14.0. The molecule has 0 radical (unpaired) electrons. The molecule has 5 aromatic carbocycles. The molecule has 8 bridgehead atoms. The van der Waals surface area contributed by atoms with Crippen LogP contribution in [0, 0.1) is 0 Å².